The fraction of sp³-hybridized carbons (Fsp3) is 0.346. The molecule has 2 aromatic carbocycles. The average molecular weight is 452 g/mol. The van der Waals surface area contributed by atoms with Crippen molar-refractivity contribution in [3.05, 3.63) is 75.1 Å². The van der Waals surface area contributed by atoms with Crippen molar-refractivity contribution in [2.24, 2.45) is 0 Å². The third kappa shape index (κ3) is 5.80. The van der Waals surface area contributed by atoms with Gasteiger partial charge in [0.1, 0.15) is 23.0 Å². The zero-order valence-corrected chi connectivity index (χ0v) is 19.8. The van der Waals surface area contributed by atoms with Gasteiger partial charge in [-0.15, -0.1) is 0 Å². The highest BCUT2D eigenvalue weighted by atomic mass is 16.6. The highest BCUT2D eigenvalue weighted by Crippen LogP contribution is 2.29. The number of alkyl carbamates (subject to hydrolysis) is 1. The molecule has 0 aliphatic heterocycles. The Bertz CT molecular complexity index is 1240. The highest BCUT2D eigenvalue weighted by Gasteiger charge is 2.27. The van der Waals surface area contributed by atoms with Gasteiger partial charge in [-0.1, -0.05) is 30.3 Å². The Kier molecular flexibility index (Phi) is 6.91. The standard InChI is InChI=1S/C26H29NO6/c1-15-16(2)23(28)32-22-17(3)21(13-12-19(15)22)31-24(29)20(14-18-10-8-7-9-11-18)27-25(30)33-26(4,5)6/h7-13,20H,14H2,1-6H3,(H,27,30)/t20-/m0/s1. The van der Waals surface area contributed by atoms with Gasteiger partial charge in [-0.2, -0.15) is 0 Å². The van der Waals surface area contributed by atoms with Crippen LogP contribution in [0.4, 0.5) is 4.79 Å². The molecular weight excluding hydrogens is 422 g/mol. The maximum atomic E-state index is 13.1. The van der Waals surface area contributed by atoms with Crippen molar-refractivity contribution in [3.63, 3.8) is 0 Å². The summed E-state index contributed by atoms with van der Waals surface area (Å²) in [6.07, 6.45) is -0.494. The Morgan fingerprint density at radius 3 is 2.27 bits per heavy atom. The molecule has 0 saturated carbocycles. The molecule has 1 heterocycles. The zero-order valence-electron chi connectivity index (χ0n) is 19.8. The molecule has 0 unspecified atom stereocenters. The maximum Gasteiger partial charge on any atom is 0.408 e. The lowest BCUT2D eigenvalue weighted by atomic mass is 10.0. The first-order chi connectivity index (χ1) is 15.5. The van der Waals surface area contributed by atoms with Crippen molar-refractivity contribution in [1.29, 1.82) is 0 Å². The minimum atomic E-state index is -0.982. The first-order valence-electron chi connectivity index (χ1n) is 10.7. The number of rotatable bonds is 5. The van der Waals surface area contributed by atoms with E-state index in [1.165, 1.54) is 0 Å². The topological polar surface area (TPSA) is 94.8 Å². The van der Waals surface area contributed by atoms with E-state index in [9.17, 15) is 14.4 Å². The summed E-state index contributed by atoms with van der Waals surface area (Å²) in [5.41, 5.74) is 1.95. The summed E-state index contributed by atoms with van der Waals surface area (Å²) in [5, 5.41) is 3.39. The summed E-state index contributed by atoms with van der Waals surface area (Å²) in [5.74, 6) is -0.402. The van der Waals surface area contributed by atoms with E-state index >= 15 is 0 Å². The van der Waals surface area contributed by atoms with Crippen LogP contribution in [0.25, 0.3) is 11.0 Å². The third-order valence-corrected chi connectivity index (χ3v) is 5.29. The molecule has 7 heteroatoms. The Morgan fingerprint density at radius 1 is 0.970 bits per heavy atom. The number of carbonyl (C=O) groups excluding carboxylic acids is 2. The fourth-order valence-corrected chi connectivity index (χ4v) is 3.41. The molecule has 3 rings (SSSR count). The van der Waals surface area contributed by atoms with Crippen molar-refractivity contribution < 1.29 is 23.5 Å². The van der Waals surface area contributed by atoms with Gasteiger partial charge in [0.2, 0.25) is 0 Å². The van der Waals surface area contributed by atoms with Crippen LogP contribution in [0.15, 0.2) is 51.7 Å². The van der Waals surface area contributed by atoms with Crippen LogP contribution in [-0.2, 0) is 16.0 Å². The van der Waals surface area contributed by atoms with Crippen molar-refractivity contribution >= 4 is 23.0 Å². The minimum absolute atomic E-state index is 0.221. The predicted molar refractivity (Wildman–Crippen MR) is 126 cm³/mol. The third-order valence-electron chi connectivity index (χ3n) is 5.29. The second-order valence-corrected chi connectivity index (χ2v) is 9.01. The van der Waals surface area contributed by atoms with Crippen LogP contribution in [0, 0.1) is 20.8 Å². The van der Waals surface area contributed by atoms with Gasteiger partial charge >= 0.3 is 17.7 Å². The molecule has 7 nitrogen and oxygen atoms in total. The lowest BCUT2D eigenvalue weighted by molar-refractivity contribution is -0.136. The molecule has 33 heavy (non-hydrogen) atoms. The molecule has 1 atom stereocenters. The molecular formula is C26H29NO6. The molecule has 0 radical (unpaired) electrons. The number of hydrogen-bond donors (Lipinski definition) is 1. The van der Waals surface area contributed by atoms with E-state index in [1.807, 2.05) is 37.3 Å². The minimum Gasteiger partial charge on any atom is -0.444 e. The van der Waals surface area contributed by atoms with Crippen molar-refractivity contribution in [2.75, 3.05) is 0 Å². The number of benzene rings is 2. The van der Waals surface area contributed by atoms with E-state index in [-0.39, 0.29) is 12.2 Å². The van der Waals surface area contributed by atoms with Crippen LogP contribution in [-0.4, -0.2) is 23.7 Å². The summed E-state index contributed by atoms with van der Waals surface area (Å²) in [6, 6.07) is 11.7. The van der Waals surface area contributed by atoms with E-state index in [0.29, 0.717) is 16.7 Å². The van der Waals surface area contributed by atoms with Crippen LogP contribution >= 0.6 is 0 Å². The summed E-state index contributed by atoms with van der Waals surface area (Å²) >= 11 is 0. The highest BCUT2D eigenvalue weighted by molar-refractivity contribution is 5.88. The van der Waals surface area contributed by atoms with Crippen molar-refractivity contribution in [2.45, 2.75) is 59.6 Å². The lowest BCUT2D eigenvalue weighted by Crippen LogP contribution is -2.46. The molecule has 1 N–H and O–H groups in total. The SMILES string of the molecule is Cc1c(C)c2ccc(OC(=O)[C@H](Cc3ccccc3)NC(=O)OC(C)(C)C)c(C)c2oc1=O. The quantitative estimate of drug-likeness (QED) is 0.341. The predicted octanol–water partition coefficient (Wildman–Crippen LogP) is 4.76. The van der Waals surface area contributed by atoms with Gasteiger partial charge in [-0.25, -0.2) is 14.4 Å². The van der Waals surface area contributed by atoms with Crippen molar-refractivity contribution in [3.8, 4) is 5.75 Å². The summed E-state index contributed by atoms with van der Waals surface area (Å²) < 4.78 is 16.4. The molecule has 0 fully saturated rings. The Labute approximate surface area is 192 Å². The molecule has 0 saturated heterocycles. The zero-order chi connectivity index (χ0) is 24.3. The van der Waals surface area contributed by atoms with E-state index in [2.05, 4.69) is 5.32 Å². The summed E-state index contributed by atoms with van der Waals surface area (Å²) in [7, 11) is 0. The molecule has 174 valence electrons. The number of aryl methyl sites for hydroxylation is 2. The second-order valence-electron chi connectivity index (χ2n) is 9.01. The van der Waals surface area contributed by atoms with Crippen LogP contribution in [0.5, 0.6) is 5.75 Å². The van der Waals surface area contributed by atoms with E-state index < -0.39 is 29.3 Å². The lowest BCUT2D eigenvalue weighted by Gasteiger charge is -2.23. The normalized spacial score (nSPS) is 12.3. The second kappa shape index (κ2) is 9.48. The first-order valence-corrected chi connectivity index (χ1v) is 10.7. The van der Waals surface area contributed by atoms with Crippen LogP contribution < -0.4 is 15.7 Å². The first kappa shape index (κ1) is 24.0. The number of hydrogen-bond acceptors (Lipinski definition) is 6. The molecule has 0 aliphatic carbocycles. The van der Waals surface area contributed by atoms with Crippen LogP contribution in [0.1, 0.15) is 43.0 Å². The Hall–Kier alpha value is -3.61. The molecule has 0 aliphatic rings. The van der Waals surface area contributed by atoms with Gasteiger partial charge < -0.3 is 19.2 Å². The number of ether oxygens (including phenoxy) is 2. The molecule has 0 spiro atoms. The van der Waals surface area contributed by atoms with Gasteiger partial charge in [0.15, 0.2) is 0 Å². The molecule has 3 aromatic rings. The largest absolute Gasteiger partial charge is 0.444 e. The van der Waals surface area contributed by atoms with Gasteiger partial charge in [-0.05, 0) is 64.8 Å². The van der Waals surface area contributed by atoms with Gasteiger partial charge in [0.25, 0.3) is 0 Å². The molecule has 1 amide bonds. The average Bonchev–Trinajstić information content (AvgIpc) is 2.73. The Morgan fingerprint density at radius 2 is 1.64 bits per heavy atom. The van der Waals surface area contributed by atoms with Gasteiger partial charge in [0.05, 0.1) is 0 Å². The summed E-state index contributed by atoms with van der Waals surface area (Å²) in [6.45, 7) is 10.5. The van der Waals surface area contributed by atoms with E-state index in [4.69, 9.17) is 13.9 Å². The summed E-state index contributed by atoms with van der Waals surface area (Å²) in [4.78, 5) is 37.6. The number of esters is 1. The van der Waals surface area contributed by atoms with Crippen molar-refractivity contribution in [1.82, 2.24) is 5.32 Å². The van der Waals surface area contributed by atoms with Gasteiger partial charge in [0, 0.05) is 22.9 Å². The molecule has 1 aromatic heterocycles. The smallest absolute Gasteiger partial charge is 0.408 e. The fourth-order valence-electron chi connectivity index (χ4n) is 3.41. The molecule has 0 bridgehead atoms. The number of amides is 1. The number of fused-ring (bicyclic) bond motifs is 1. The van der Waals surface area contributed by atoms with E-state index in [1.54, 1.807) is 46.8 Å². The van der Waals surface area contributed by atoms with Crippen LogP contribution in [0.2, 0.25) is 0 Å². The van der Waals surface area contributed by atoms with Crippen LogP contribution in [0.3, 0.4) is 0 Å². The number of nitrogens with one attached hydrogen (secondary N) is 1. The van der Waals surface area contributed by atoms with E-state index in [0.717, 1.165) is 16.5 Å². The number of carbonyl (C=O) groups is 2. The maximum absolute atomic E-state index is 13.1. The Balaban J connectivity index is 1.90. The monoisotopic (exact) mass is 451 g/mol. The van der Waals surface area contributed by atoms with Gasteiger partial charge in [-0.3, -0.25) is 0 Å².